The van der Waals surface area contributed by atoms with Crippen molar-refractivity contribution < 1.29 is 14.8 Å². The van der Waals surface area contributed by atoms with Gasteiger partial charge in [-0.25, -0.2) is 0 Å². The van der Waals surface area contributed by atoms with Crippen molar-refractivity contribution >= 4 is 11.7 Å². The van der Waals surface area contributed by atoms with Crippen LogP contribution in [0.15, 0.2) is 12.3 Å². The van der Waals surface area contributed by atoms with Crippen molar-refractivity contribution in [2.24, 2.45) is 0 Å². The Morgan fingerprint density at radius 3 is 2.67 bits per heavy atom. The fraction of sp³-hybridized carbons (Fsp3) is 0.333. The van der Waals surface area contributed by atoms with E-state index < -0.39 is 16.8 Å². The monoisotopic (exact) mass is 210 g/mol. The largest absolute Gasteiger partial charge is 0.481 e. The molecule has 0 aromatic carbocycles. The van der Waals surface area contributed by atoms with Gasteiger partial charge >= 0.3 is 5.97 Å². The summed E-state index contributed by atoms with van der Waals surface area (Å²) >= 11 is 0. The lowest BCUT2D eigenvalue weighted by molar-refractivity contribution is -0.385. The van der Waals surface area contributed by atoms with Crippen molar-refractivity contribution in [1.29, 1.82) is 0 Å². The van der Waals surface area contributed by atoms with Crippen LogP contribution in [0.5, 0.6) is 0 Å². The molecular formula is C9H10N2O4. The molecule has 0 saturated carbocycles. The zero-order valence-corrected chi connectivity index (χ0v) is 8.30. The number of carboxylic acid groups (broad SMARTS) is 1. The maximum Gasteiger partial charge on any atom is 0.312 e. The smallest absolute Gasteiger partial charge is 0.312 e. The lowest BCUT2D eigenvalue weighted by Gasteiger charge is -2.05. The van der Waals surface area contributed by atoms with E-state index in [4.69, 9.17) is 5.11 Å². The van der Waals surface area contributed by atoms with E-state index in [1.54, 1.807) is 6.92 Å². The van der Waals surface area contributed by atoms with Crippen molar-refractivity contribution in [3.8, 4) is 0 Å². The average Bonchev–Trinajstić information content (AvgIpc) is 2.15. The molecule has 1 atom stereocenters. The summed E-state index contributed by atoms with van der Waals surface area (Å²) in [5.74, 6) is -1.76. The zero-order valence-electron chi connectivity index (χ0n) is 8.30. The minimum atomic E-state index is -1.00. The van der Waals surface area contributed by atoms with Gasteiger partial charge in [-0.2, -0.15) is 0 Å². The van der Waals surface area contributed by atoms with E-state index in [2.05, 4.69) is 4.98 Å². The SMILES string of the molecule is Cc1cc(C(C)C(=O)O)ncc1[N+](=O)[O-]. The van der Waals surface area contributed by atoms with Gasteiger partial charge in [0.2, 0.25) is 0 Å². The lowest BCUT2D eigenvalue weighted by atomic mass is 10.1. The Hall–Kier alpha value is -1.98. The molecular weight excluding hydrogens is 200 g/mol. The highest BCUT2D eigenvalue weighted by atomic mass is 16.6. The molecule has 0 aliphatic rings. The molecule has 80 valence electrons. The third-order valence-electron chi connectivity index (χ3n) is 2.12. The van der Waals surface area contributed by atoms with Crippen LogP contribution in [-0.4, -0.2) is 21.0 Å². The Balaban J connectivity index is 3.12. The number of rotatable bonds is 3. The molecule has 15 heavy (non-hydrogen) atoms. The van der Waals surface area contributed by atoms with Crippen molar-refractivity contribution in [1.82, 2.24) is 4.98 Å². The minimum Gasteiger partial charge on any atom is -0.481 e. The molecule has 1 N–H and O–H groups in total. The molecule has 6 nitrogen and oxygen atoms in total. The van der Waals surface area contributed by atoms with Crippen LogP contribution in [0.1, 0.15) is 24.1 Å². The average molecular weight is 210 g/mol. The molecule has 1 aromatic heterocycles. The molecule has 0 aliphatic heterocycles. The van der Waals surface area contributed by atoms with Crippen molar-refractivity contribution in [3.05, 3.63) is 33.6 Å². The van der Waals surface area contributed by atoms with E-state index >= 15 is 0 Å². The summed E-state index contributed by atoms with van der Waals surface area (Å²) in [6.45, 7) is 3.04. The van der Waals surface area contributed by atoms with E-state index in [1.165, 1.54) is 13.0 Å². The molecule has 1 aromatic rings. The molecule has 0 radical (unpaired) electrons. The van der Waals surface area contributed by atoms with E-state index in [9.17, 15) is 14.9 Å². The normalized spacial score (nSPS) is 12.1. The summed E-state index contributed by atoms with van der Waals surface area (Å²) in [7, 11) is 0. The van der Waals surface area contributed by atoms with Crippen LogP contribution in [0.2, 0.25) is 0 Å². The second kappa shape index (κ2) is 4.04. The van der Waals surface area contributed by atoms with Gasteiger partial charge in [0, 0.05) is 5.56 Å². The van der Waals surface area contributed by atoms with Gasteiger partial charge < -0.3 is 5.11 Å². The summed E-state index contributed by atoms with van der Waals surface area (Å²) in [6, 6.07) is 1.43. The lowest BCUT2D eigenvalue weighted by Crippen LogP contribution is -2.09. The van der Waals surface area contributed by atoms with Crippen molar-refractivity contribution in [3.63, 3.8) is 0 Å². The fourth-order valence-electron chi connectivity index (χ4n) is 1.12. The topological polar surface area (TPSA) is 93.3 Å². The highest BCUT2D eigenvalue weighted by Crippen LogP contribution is 2.20. The van der Waals surface area contributed by atoms with Crippen LogP contribution < -0.4 is 0 Å². The summed E-state index contributed by atoms with van der Waals surface area (Å²) in [6.07, 6.45) is 1.09. The predicted octanol–water partition coefficient (Wildman–Crippen LogP) is 1.49. The maximum absolute atomic E-state index is 10.7. The van der Waals surface area contributed by atoms with E-state index in [-0.39, 0.29) is 5.69 Å². The molecule has 0 amide bonds. The van der Waals surface area contributed by atoms with Crippen LogP contribution in [0.3, 0.4) is 0 Å². The van der Waals surface area contributed by atoms with Gasteiger partial charge in [-0.1, -0.05) is 0 Å². The Bertz CT molecular complexity index is 417. The van der Waals surface area contributed by atoms with E-state index in [1.807, 2.05) is 0 Å². The Kier molecular flexibility index (Phi) is 2.99. The Labute approximate surface area is 85.7 Å². The van der Waals surface area contributed by atoms with Gasteiger partial charge in [0.05, 0.1) is 16.5 Å². The molecule has 0 saturated heterocycles. The first kappa shape index (κ1) is 11.1. The number of aromatic nitrogens is 1. The molecule has 6 heteroatoms. The quantitative estimate of drug-likeness (QED) is 0.602. The maximum atomic E-state index is 10.7. The van der Waals surface area contributed by atoms with Gasteiger partial charge in [-0.15, -0.1) is 0 Å². The molecule has 0 spiro atoms. The Morgan fingerprint density at radius 1 is 1.67 bits per heavy atom. The van der Waals surface area contributed by atoms with E-state index in [0.29, 0.717) is 11.3 Å². The number of carbonyl (C=O) groups is 1. The first-order chi connectivity index (χ1) is 6.93. The summed E-state index contributed by atoms with van der Waals surface area (Å²) in [5.41, 5.74) is 0.639. The van der Waals surface area contributed by atoms with Gasteiger partial charge in [0.25, 0.3) is 5.69 Å². The third kappa shape index (κ3) is 2.28. The van der Waals surface area contributed by atoms with Gasteiger partial charge in [0.1, 0.15) is 6.20 Å². The fourth-order valence-corrected chi connectivity index (χ4v) is 1.12. The summed E-state index contributed by atoms with van der Waals surface area (Å²) < 4.78 is 0. The van der Waals surface area contributed by atoms with Crippen LogP contribution >= 0.6 is 0 Å². The number of carboxylic acids is 1. The van der Waals surface area contributed by atoms with Gasteiger partial charge in [-0.3, -0.25) is 19.9 Å². The number of nitro groups is 1. The predicted molar refractivity (Wildman–Crippen MR) is 51.7 cm³/mol. The third-order valence-corrected chi connectivity index (χ3v) is 2.12. The van der Waals surface area contributed by atoms with Crippen molar-refractivity contribution in [2.45, 2.75) is 19.8 Å². The van der Waals surface area contributed by atoms with Crippen molar-refractivity contribution in [2.75, 3.05) is 0 Å². The second-order valence-electron chi connectivity index (χ2n) is 3.21. The second-order valence-corrected chi connectivity index (χ2v) is 3.21. The van der Waals surface area contributed by atoms with Crippen LogP contribution in [0, 0.1) is 17.0 Å². The number of hydrogen-bond acceptors (Lipinski definition) is 4. The zero-order chi connectivity index (χ0) is 11.6. The summed E-state index contributed by atoms with van der Waals surface area (Å²) in [5, 5.41) is 19.2. The number of pyridine rings is 1. The molecule has 0 bridgehead atoms. The first-order valence-corrected chi connectivity index (χ1v) is 4.27. The standard InChI is InChI=1S/C9H10N2O4/c1-5-3-7(6(2)9(12)13)10-4-8(5)11(14)15/h3-4,6H,1-2H3,(H,12,13). The number of aliphatic carboxylic acids is 1. The first-order valence-electron chi connectivity index (χ1n) is 4.27. The molecule has 0 aliphatic carbocycles. The van der Waals surface area contributed by atoms with Gasteiger partial charge in [-0.05, 0) is 19.9 Å². The molecule has 1 rings (SSSR count). The van der Waals surface area contributed by atoms with Crippen LogP contribution in [0.25, 0.3) is 0 Å². The van der Waals surface area contributed by atoms with Gasteiger partial charge in [0.15, 0.2) is 0 Å². The van der Waals surface area contributed by atoms with Crippen LogP contribution in [-0.2, 0) is 4.79 Å². The number of hydrogen-bond donors (Lipinski definition) is 1. The molecule has 1 heterocycles. The number of nitrogens with zero attached hydrogens (tertiary/aromatic N) is 2. The Morgan fingerprint density at radius 2 is 2.27 bits per heavy atom. The molecule has 1 unspecified atom stereocenters. The number of aryl methyl sites for hydroxylation is 1. The highest BCUT2D eigenvalue weighted by molar-refractivity contribution is 5.75. The van der Waals surface area contributed by atoms with Crippen LogP contribution in [0.4, 0.5) is 5.69 Å². The molecule has 0 fully saturated rings. The minimum absolute atomic E-state index is 0.101. The summed E-state index contributed by atoms with van der Waals surface area (Å²) in [4.78, 5) is 24.4. The highest BCUT2D eigenvalue weighted by Gasteiger charge is 2.18. The van der Waals surface area contributed by atoms with E-state index in [0.717, 1.165) is 6.20 Å².